The molecule has 2 aromatic rings. The fourth-order valence-corrected chi connectivity index (χ4v) is 7.91. The first-order valence-corrected chi connectivity index (χ1v) is 16.5. The zero-order valence-electron chi connectivity index (χ0n) is 25.4. The molecule has 3 aliphatic rings. The van der Waals surface area contributed by atoms with E-state index in [-0.39, 0.29) is 25.6 Å². The quantitative estimate of drug-likeness (QED) is 0.352. The Morgan fingerprint density at radius 3 is 2.07 bits per heavy atom. The van der Waals surface area contributed by atoms with Crippen molar-refractivity contribution in [1.29, 1.82) is 0 Å². The zero-order valence-corrected chi connectivity index (χ0v) is 26.3. The number of halogens is 5. The second kappa shape index (κ2) is 12.7. The van der Waals surface area contributed by atoms with Crippen molar-refractivity contribution in [2.75, 3.05) is 39.3 Å². The number of carbonyl (C=O) groups excluding carboxylic acids is 1. The van der Waals surface area contributed by atoms with Crippen LogP contribution in [0.2, 0.25) is 0 Å². The lowest BCUT2D eigenvalue weighted by Gasteiger charge is -2.39. The molecule has 0 N–H and O–H groups in total. The monoisotopic (exact) mass is 659 g/mol. The number of nitrogens with zero attached hydrogens (tertiary/aromatic N) is 3. The smallest absolute Gasteiger partial charge is 0.416 e. The molecule has 8 nitrogen and oxygen atoms in total. The van der Waals surface area contributed by atoms with Gasteiger partial charge in [0, 0.05) is 45.8 Å². The molecule has 0 spiro atoms. The van der Waals surface area contributed by atoms with E-state index < -0.39 is 62.2 Å². The minimum absolute atomic E-state index is 0.0584. The lowest BCUT2D eigenvalue weighted by Crippen LogP contribution is -2.53. The van der Waals surface area contributed by atoms with Gasteiger partial charge in [-0.2, -0.15) is 13.2 Å². The van der Waals surface area contributed by atoms with E-state index >= 15 is 8.78 Å². The lowest BCUT2D eigenvalue weighted by molar-refractivity contribution is -0.137. The summed E-state index contributed by atoms with van der Waals surface area (Å²) >= 11 is 0. The standard InChI is InChI=1S/C31H38F5N3O5S/c1-30(2,3)44-29(40)38-11-10-25(19-38)45(41,42)39-12-8-21(9-13-39)22-14-26(32)28(27(33)15-22)43-24-17-37(18-24)16-20-4-6-23(7-5-20)31(34,35)36/h4-7,14-15,21,24-25H,8-13,16-19H2,1-3H3. The molecular formula is C31H38F5N3O5S. The number of amides is 1. The van der Waals surface area contributed by atoms with E-state index in [1.165, 1.54) is 33.5 Å². The topological polar surface area (TPSA) is 79.4 Å². The Labute approximate surface area is 260 Å². The minimum Gasteiger partial charge on any atom is -0.482 e. The number of sulfonamides is 1. The Bertz CT molecular complexity index is 1460. The molecule has 3 aliphatic heterocycles. The van der Waals surface area contributed by atoms with Crippen molar-refractivity contribution in [2.24, 2.45) is 0 Å². The van der Waals surface area contributed by atoms with Gasteiger partial charge in [0.25, 0.3) is 0 Å². The highest BCUT2D eigenvalue weighted by Crippen LogP contribution is 2.36. The fraction of sp³-hybridized carbons (Fsp3) is 0.581. The van der Waals surface area contributed by atoms with Crippen molar-refractivity contribution in [2.45, 2.75) is 75.6 Å². The molecule has 1 amide bonds. The number of benzene rings is 2. The molecule has 0 radical (unpaired) electrons. The van der Waals surface area contributed by atoms with Crippen LogP contribution in [0.4, 0.5) is 26.7 Å². The molecule has 2 aromatic carbocycles. The summed E-state index contributed by atoms with van der Waals surface area (Å²) in [7, 11) is -3.68. The highest BCUT2D eigenvalue weighted by Gasteiger charge is 2.41. The average Bonchev–Trinajstić information content (AvgIpc) is 3.44. The van der Waals surface area contributed by atoms with Gasteiger partial charge in [-0.1, -0.05) is 12.1 Å². The van der Waals surface area contributed by atoms with Gasteiger partial charge < -0.3 is 14.4 Å². The number of ether oxygens (including phenoxy) is 2. The van der Waals surface area contributed by atoms with Crippen LogP contribution in [0.1, 0.15) is 62.6 Å². The van der Waals surface area contributed by atoms with Gasteiger partial charge in [0.1, 0.15) is 11.7 Å². The number of piperidine rings is 1. The van der Waals surface area contributed by atoms with Crippen LogP contribution in [0.25, 0.3) is 0 Å². The Hall–Kier alpha value is -2.97. The van der Waals surface area contributed by atoms with Gasteiger partial charge in [-0.05, 0) is 81.3 Å². The number of likely N-dealkylation sites (tertiary alicyclic amines) is 2. The molecule has 5 rings (SSSR count). The number of alkyl halides is 3. The summed E-state index contributed by atoms with van der Waals surface area (Å²) in [6.07, 6.45) is -4.31. The van der Waals surface area contributed by atoms with Crippen LogP contribution in [0.3, 0.4) is 0 Å². The van der Waals surface area contributed by atoms with Crippen molar-refractivity contribution in [3.05, 3.63) is 64.7 Å². The molecule has 248 valence electrons. The molecule has 0 bridgehead atoms. The zero-order chi connectivity index (χ0) is 32.7. The third kappa shape index (κ3) is 7.89. The fourth-order valence-electron chi connectivity index (χ4n) is 6.00. The summed E-state index contributed by atoms with van der Waals surface area (Å²) in [6, 6.07) is 7.33. The van der Waals surface area contributed by atoms with Crippen LogP contribution in [0, 0.1) is 11.6 Å². The average molecular weight is 660 g/mol. The van der Waals surface area contributed by atoms with Crippen LogP contribution < -0.4 is 4.74 Å². The molecule has 1 unspecified atom stereocenters. The normalized spacial score (nSPS) is 21.2. The second-order valence-electron chi connectivity index (χ2n) is 13.0. The maximum absolute atomic E-state index is 15.0. The molecule has 0 saturated carbocycles. The van der Waals surface area contributed by atoms with E-state index in [1.54, 1.807) is 20.8 Å². The van der Waals surface area contributed by atoms with E-state index in [9.17, 15) is 26.4 Å². The predicted molar refractivity (Wildman–Crippen MR) is 156 cm³/mol. The molecule has 45 heavy (non-hydrogen) atoms. The molecule has 3 heterocycles. The molecular weight excluding hydrogens is 621 g/mol. The Balaban J connectivity index is 1.11. The molecule has 0 aliphatic carbocycles. The van der Waals surface area contributed by atoms with Gasteiger partial charge in [-0.25, -0.2) is 26.3 Å². The second-order valence-corrected chi connectivity index (χ2v) is 15.2. The molecule has 1 atom stereocenters. The Kier molecular flexibility index (Phi) is 9.40. The highest BCUT2D eigenvalue weighted by molar-refractivity contribution is 7.89. The van der Waals surface area contributed by atoms with E-state index in [4.69, 9.17) is 9.47 Å². The summed E-state index contributed by atoms with van der Waals surface area (Å²) in [5.41, 5.74) is -0.284. The molecule has 0 aromatic heterocycles. The van der Waals surface area contributed by atoms with Gasteiger partial charge in [-0.3, -0.25) is 4.90 Å². The van der Waals surface area contributed by atoms with Crippen molar-refractivity contribution in [3.8, 4) is 5.75 Å². The summed E-state index contributed by atoms with van der Waals surface area (Å²) in [4.78, 5) is 15.7. The predicted octanol–water partition coefficient (Wildman–Crippen LogP) is 5.77. The summed E-state index contributed by atoms with van der Waals surface area (Å²) in [5, 5.41) is -0.731. The Morgan fingerprint density at radius 2 is 1.51 bits per heavy atom. The van der Waals surface area contributed by atoms with Crippen LogP contribution in [-0.4, -0.2) is 84.8 Å². The summed E-state index contributed by atoms with van der Waals surface area (Å²) < 4.78 is 107. The maximum Gasteiger partial charge on any atom is 0.416 e. The first-order chi connectivity index (χ1) is 21.0. The number of carbonyl (C=O) groups is 1. The highest BCUT2D eigenvalue weighted by atomic mass is 32.2. The van der Waals surface area contributed by atoms with Gasteiger partial charge in [0.2, 0.25) is 10.0 Å². The molecule has 3 saturated heterocycles. The van der Waals surface area contributed by atoms with Crippen LogP contribution in [-0.2, 0) is 27.5 Å². The molecule has 3 fully saturated rings. The third-order valence-electron chi connectivity index (χ3n) is 8.42. The van der Waals surface area contributed by atoms with Crippen LogP contribution >= 0.6 is 0 Å². The Morgan fingerprint density at radius 1 is 0.911 bits per heavy atom. The maximum atomic E-state index is 15.0. The van der Waals surface area contributed by atoms with Gasteiger partial charge in [0.05, 0.1) is 10.8 Å². The molecule has 14 heteroatoms. The van der Waals surface area contributed by atoms with E-state index in [0.29, 0.717) is 56.6 Å². The van der Waals surface area contributed by atoms with Crippen LogP contribution in [0.15, 0.2) is 36.4 Å². The van der Waals surface area contributed by atoms with Crippen molar-refractivity contribution < 1.29 is 44.6 Å². The number of hydrogen-bond donors (Lipinski definition) is 0. The van der Waals surface area contributed by atoms with Crippen molar-refractivity contribution in [3.63, 3.8) is 0 Å². The minimum atomic E-state index is -4.40. The first kappa shape index (κ1) is 33.4. The number of hydrogen-bond acceptors (Lipinski definition) is 6. The summed E-state index contributed by atoms with van der Waals surface area (Å²) in [5.74, 6) is -2.39. The van der Waals surface area contributed by atoms with Crippen LogP contribution in [0.5, 0.6) is 5.75 Å². The largest absolute Gasteiger partial charge is 0.482 e. The first-order valence-electron chi connectivity index (χ1n) is 15.0. The van der Waals surface area contributed by atoms with E-state index in [2.05, 4.69) is 0 Å². The van der Waals surface area contributed by atoms with Gasteiger partial charge in [0.15, 0.2) is 17.4 Å². The van der Waals surface area contributed by atoms with E-state index in [0.717, 1.165) is 12.1 Å². The van der Waals surface area contributed by atoms with Crippen molar-refractivity contribution in [1.82, 2.24) is 14.1 Å². The SMILES string of the molecule is CC(C)(C)OC(=O)N1CCC(S(=O)(=O)N2CCC(c3cc(F)c(OC4CN(Cc5ccc(C(F)(F)F)cc5)C4)c(F)c3)CC2)C1. The van der Waals surface area contributed by atoms with Gasteiger partial charge >= 0.3 is 12.3 Å². The van der Waals surface area contributed by atoms with Crippen molar-refractivity contribution >= 4 is 16.1 Å². The third-order valence-corrected chi connectivity index (χ3v) is 10.7. The number of rotatable bonds is 7. The van der Waals surface area contributed by atoms with Gasteiger partial charge in [-0.15, -0.1) is 0 Å². The summed E-state index contributed by atoms with van der Waals surface area (Å²) in [6.45, 7) is 7.12. The van der Waals surface area contributed by atoms with E-state index in [1.807, 2.05) is 4.90 Å². The lowest BCUT2D eigenvalue weighted by atomic mass is 9.90.